The van der Waals surface area contributed by atoms with Crippen LogP contribution in [0.2, 0.25) is 0 Å². The summed E-state index contributed by atoms with van der Waals surface area (Å²) < 4.78 is 22.4. The molecular weight excluding hydrogens is 528 g/mol. The Hall–Kier alpha value is -2.91. The molecule has 9 heteroatoms. The highest BCUT2D eigenvalue weighted by molar-refractivity contribution is 5.88. The third-order valence-electron chi connectivity index (χ3n) is 12.0. The van der Waals surface area contributed by atoms with E-state index in [9.17, 15) is 24.6 Å². The summed E-state index contributed by atoms with van der Waals surface area (Å²) in [7, 11) is 1.33. The predicted octanol–water partition coefficient (Wildman–Crippen LogP) is 4.19. The maximum atomic E-state index is 13.1. The average molecular weight is 569 g/mol. The van der Waals surface area contributed by atoms with Crippen molar-refractivity contribution >= 4 is 17.9 Å². The van der Waals surface area contributed by atoms with Crippen molar-refractivity contribution in [2.45, 2.75) is 90.1 Å². The number of rotatable bonds is 5. The number of esters is 3. The molecule has 1 saturated heterocycles. The van der Waals surface area contributed by atoms with Gasteiger partial charge in [-0.05, 0) is 63.0 Å². The standard InChI is InChI=1S/C32H40O9/c1-7-17(2)26(35)41-27-29(4)16-32(37)30(5,22(29)13-23(33)38-6)20-8-10-28(3)21(19(20)14-31(27,32)36)12-24(34)40-25(28)18-9-11-39-15-18/h7,9,11,14-15,20-22,25,27,36-37H,8,10,12-13,16H2,1-6H3. The van der Waals surface area contributed by atoms with E-state index < -0.39 is 57.5 Å². The first-order chi connectivity index (χ1) is 19.2. The van der Waals surface area contributed by atoms with E-state index in [4.69, 9.17) is 18.6 Å². The van der Waals surface area contributed by atoms with E-state index in [-0.39, 0.29) is 37.1 Å². The Bertz CT molecular complexity index is 1360. The normalized spacial score (nSPS) is 46.2. The molecule has 2 heterocycles. The summed E-state index contributed by atoms with van der Waals surface area (Å²) in [6.45, 7) is 9.33. The summed E-state index contributed by atoms with van der Waals surface area (Å²) >= 11 is 0. The first kappa shape index (κ1) is 28.2. The van der Waals surface area contributed by atoms with Crippen LogP contribution in [0, 0.1) is 34.0 Å². The molecule has 1 aromatic heterocycles. The number of carbonyl (C=O) groups is 3. The predicted molar refractivity (Wildman–Crippen MR) is 145 cm³/mol. The minimum atomic E-state index is -1.93. The Morgan fingerprint density at radius 2 is 1.90 bits per heavy atom. The molecule has 4 aliphatic carbocycles. The summed E-state index contributed by atoms with van der Waals surface area (Å²) in [6, 6.07) is 1.81. The number of methoxy groups -OCH3 is 1. The fraction of sp³-hybridized carbons (Fsp3) is 0.656. The van der Waals surface area contributed by atoms with Crippen LogP contribution in [-0.2, 0) is 28.6 Å². The Morgan fingerprint density at radius 1 is 1.17 bits per heavy atom. The molecule has 0 amide bonds. The molecule has 3 saturated carbocycles. The van der Waals surface area contributed by atoms with Crippen LogP contribution in [0.5, 0.6) is 0 Å². The lowest BCUT2D eigenvalue weighted by Gasteiger charge is -2.66. The van der Waals surface area contributed by atoms with E-state index in [2.05, 4.69) is 6.92 Å². The van der Waals surface area contributed by atoms with Gasteiger partial charge < -0.3 is 28.8 Å². The van der Waals surface area contributed by atoms with Gasteiger partial charge in [-0.2, -0.15) is 0 Å². The van der Waals surface area contributed by atoms with Crippen LogP contribution in [0.3, 0.4) is 0 Å². The second kappa shape index (κ2) is 8.80. The number of cyclic esters (lactones) is 1. The summed E-state index contributed by atoms with van der Waals surface area (Å²) in [5, 5.41) is 25.3. The number of carbonyl (C=O) groups excluding carboxylic acids is 3. The number of fused-ring (bicyclic) bond motifs is 5. The van der Waals surface area contributed by atoms with E-state index in [1.54, 1.807) is 44.6 Å². The van der Waals surface area contributed by atoms with Crippen LogP contribution in [-0.4, -0.2) is 52.5 Å². The van der Waals surface area contributed by atoms with Gasteiger partial charge in [-0.15, -0.1) is 0 Å². The zero-order valence-electron chi connectivity index (χ0n) is 24.6. The van der Waals surface area contributed by atoms with Crippen molar-refractivity contribution < 1.29 is 43.2 Å². The molecule has 2 N–H and O–H groups in total. The minimum absolute atomic E-state index is 0.00391. The fourth-order valence-corrected chi connectivity index (χ4v) is 9.91. The van der Waals surface area contributed by atoms with E-state index in [0.717, 1.165) is 11.1 Å². The second-order valence-corrected chi connectivity index (χ2v) is 13.7. The van der Waals surface area contributed by atoms with Crippen molar-refractivity contribution in [3.63, 3.8) is 0 Å². The molecule has 4 fully saturated rings. The number of furan rings is 1. The fourth-order valence-electron chi connectivity index (χ4n) is 9.91. The Labute approximate surface area is 239 Å². The van der Waals surface area contributed by atoms with Gasteiger partial charge in [-0.25, -0.2) is 4.79 Å². The minimum Gasteiger partial charge on any atom is -0.472 e. The maximum absolute atomic E-state index is 13.1. The molecule has 6 rings (SSSR count). The van der Waals surface area contributed by atoms with Crippen molar-refractivity contribution in [3.8, 4) is 0 Å². The van der Waals surface area contributed by atoms with Crippen LogP contribution in [0.15, 0.2) is 46.3 Å². The lowest BCUT2D eigenvalue weighted by Crippen LogP contribution is -2.74. The van der Waals surface area contributed by atoms with Crippen LogP contribution >= 0.6 is 0 Å². The SMILES string of the molecule is CC=C(C)C(=O)OC1C2(C)CC3(O)C1(O)C=C1C4CC(=O)OC(c5ccoc5)C4(C)CCC1C3(C)C2CC(=O)OC. The van der Waals surface area contributed by atoms with Crippen molar-refractivity contribution in [2.75, 3.05) is 7.11 Å². The molecule has 1 aromatic rings. The third-order valence-corrected chi connectivity index (χ3v) is 12.0. The largest absolute Gasteiger partial charge is 0.472 e. The smallest absolute Gasteiger partial charge is 0.333 e. The summed E-state index contributed by atoms with van der Waals surface area (Å²) in [6.07, 6.45) is 6.50. The number of allylic oxidation sites excluding steroid dienone is 2. The van der Waals surface area contributed by atoms with Crippen molar-refractivity contribution in [3.05, 3.63) is 47.5 Å². The monoisotopic (exact) mass is 568 g/mol. The molecule has 10 unspecified atom stereocenters. The van der Waals surface area contributed by atoms with E-state index in [1.807, 2.05) is 13.8 Å². The van der Waals surface area contributed by atoms with E-state index in [0.29, 0.717) is 18.4 Å². The molecule has 5 aliphatic rings. The van der Waals surface area contributed by atoms with Crippen molar-refractivity contribution in [1.29, 1.82) is 0 Å². The van der Waals surface area contributed by atoms with Gasteiger partial charge in [-0.1, -0.05) is 32.4 Å². The lowest BCUT2D eigenvalue weighted by atomic mass is 9.41. The lowest BCUT2D eigenvalue weighted by molar-refractivity contribution is -0.266. The molecule has 0 spiro atoms. The zero-order chi connectivity index (χ0) is 29.8. The maximum Gasteiger partial charge on any atom is 0.333 e. The molecule has 1 aliphatic heterocycles. The number of aliphatic hydroxyl groups is 2. The first-order valence-corrected chi connectivity index (χ1v) is 14.5. The number of hydrogen-bond donors (Lipinski definition) is 2. The molecule has 0 radical (unpaired) electrons. The van der Waals surface area contributed by atoms with Gasteiger partial charge in [-0.3, -0.25) is 9.59 Å². The van der Waals surface area contributed by atoms with Crippen molar-refractivity contribution in [1.82, 2.24) is 0 Å². The van der Waals surface area contributed by atoms with Gasteiger partial charge in [0.2, 0.25) is 0 Å². The summed E-state index contributed by atoms with van der Waals surface area (Å²) in [4.78, 5) is 39.1. The van der Waals surface area contributed by atoms with Gasteiger partial charge in [0.1, 0.15) is 23.4 Å². The quantitative estimate of drug-likeness (QED) is 0.232. The number of hydrogen-bond acceptors (Lipinski definition) is 9. The molecule has 0 aromatic carbocycles. The zero-order valence-corrected chi connectivity index (χ0v) is 24.6. The Morgan fingerprint density at radius 3 is 2.54 bits per heavy atom. The third kappa shape index (κ3) is 3.33. The topological polar surface area (TPSA) is 132 Å². The molecule has 222 valence electrons. The Kier molecular flexibility index (Phi) is 6.06. The van der Waals surface area contributed by atoms with Gasteiger partial charge in [0.25, 0.3) is 0 Å². The van der Waals surface area contributed by atoms with Crippen molar-refractivity contribution in [2.24, 2.45) is 34.0 Å². The highest BCUT2D eigenvalue weighted by Crippen LogP contribution is 2.80. The molecule has 2 bridgehead atoms. The van der Waals surface area contributed by atoms with Crippen LogP contribution in [0.25, 0.3) is 0 Å². The van der Waals surface area contributed by atoms with Crippen LogP contribution in [0.1, 0.15) is 78.4 Å². The Balaban J connectivity index is 1.54. The molecule has 9 nitrogen and oxygen atoms in total. The van der Waals surface area contributed by atoms with E-state index in [1.165, 1.54) is 7.11 Å². The van der Waals surface area contributed by atoms with Crippen LogP contribution in [0.4, 0.5) is 0 Å². The molecule has 10 atom stereocenters. The second-order valence-electron chi connectivity index (χ2n) is 13.7. The highest BCUT2D eigenvalue weighted by Gasteiger charge is 2.86. The van der Waals surface area contributed by atoms with Gasteiger partial charge in [0.05, 0.1) is 26.1 Å². The summed E-state index contributed by atoms with van der Waals surface area (Å²) in [5.41, 5.74) is -3.96. The van der Waals surface area contributed by atoms with Gasteiger partial charge in [0.15, 0.2) is 0 Å². The first-order valence-electron chi connectivity index (χ1n) is 14.5. The van der Waals surface area contributed by atoms with Gasteiger partial charge in [0, 0.05) is 33.8 Å². The highest BCUT2D eigenvalue weighted by atomic mass is 16.6. The van der Waals surface area contributed by atoms with Gasteiger partial charge >= 0.3 is 17.9 Å². The van der Waals surface area contributed by atoms with Crippen LogP contribution < -0.4 is 0 Å². The molecular formula is C32H40O9. The average Bonchev–Trinajstić information content (AvgIpc) is 3.57. The van der Waals surface area contributed by atoms with E-state index >= 15 is 0 Å². The molecule has 41 heavy (non-hydrogen) atoms. The number of ether oxygens (including phenoxy) is 3. The summed E-state index contributed by atoms with van der Waals surface area (Å²) in [5.74, 6) is -2.34.